The van der Waals surface area contributed by atoms with Gasteiger partial charge in [-0.25, -0.2) is 4.79 Å². The first kappa shape index (κ1) is 20.6. The molecule has 4 aromatic rings. The molecule has 1 aromatic heterocycles. The van der Waals surface area contributed by atoms with E-state index in [-0.39, 0.29) is 18.9 Å². The third kappa shape index (κ3) is 3.64. The molecule has 0 bridgehead atoms. The van der Waals surface area contributed by atoms with Gasteiger partial charge in [0, 0.05) is 11.8 Å². The van der Waals surface area contributed by atoms with Crippen LogP contribution in [0.5, 0.6) is 0 Å². The number of rotatable bonds is 7. The summed E-state index contributed by atoms with van der Waals surface area (Å²) in [5.74, 6) is -0.548. The van der Waals surface area contributed by atoms with E-state index in [1.165, 1.54) is 0 Å². The van der Waals surface area contributed by atoms with E-state index in [9.17, 15) is 9.90 Å². The van der Waals surface area contributed by atoms with Crippen LogP contribution in [-0.4, -0.2) is 27.5 Å². The molecule has 0 atom stereocenters. The predicted molar refractivity (Wildman–Crippen MR) is 119 cm³/mol. The second-order valence-electron chi connectivity index (χ2n) is 7.13. The van der Waals surface area contributed by atoms with Gasteiger partial charge in [-0.3, -0.25) is 4.68 Å². The molecule has 4 rings (SSSR count). The number of nitrogens with zero attached hydrogens (tertiary/aromatic N) is 2. The summed E-state index contributed by atoms with van der Waals surface area (Å²) in [5, 5.41) is 14.6. The Bertz CT molecular complexity index is 1040. The molecule has 156 valence electrons. The molecule has 31 heavy (non-hydrogen) atoms. The molecule has 1 N–H and O–H groups in total. The highest BCUT2D eigenvalue weighted by atomic mass is 16.5. The van der Waals surface area contributed by atoms with Gasteiger partial charge < -0.3 is 9.84 Å². The van der Waals surface area contributed by atoms with E-state index in [2.05, 4.69) is 5.10 Å². The normalized spacial score (nSPS) is 11.3. The van der Waals surface area contributed by atoms with Crippen LogP contribution in [-0.2, 0) is 16.9 Å². The second kappa shape index (κ2) is 8.98. The van der Waals surface area contributed by atoms with Gasteiger partial charge in [0.05, 0.1) is 13.2 Å². The largest absolute Gasteiger partial charge is 0.461 e. The Morgan fingerprint density at radius 1 is 0.871 bits per heavy atom. The third-order valence-corrected chi connectivity index (χ3v) is 5.35. The molecule has 0 fully saturated rings. The number of aromatic nitrogens is 2. The van der Waals surface area contributed by atoms with Crippen molar-refractivity contribution in [1.82, 2.24) is 9.78 Å². The lowest BCUT2D eigenvalue weighted by Crippen LogP contribution is -2.38. The highest BCUT2D eigenvalue weighted by Crippen LogP contribution is 2.40. The van der Waals surface area contributed by atoms with Gasteiger partial charge in [-0.2, -0.15) is 5.10 Å². The Morgan fingerprint density at radius 2 is 1.32 bits per heavy atom. The monoisotopic (exact) mass is 412 g/mol. The molecule has 1 heterocycles. The molecule has 0 aliphatic rings. The van der Waals surface area contributed by atoms with Gasteiger partial charge in [0.25, 0.3) is 0 Å². The first-order valence-electron chi connectivity index (χ1n) is 10.2. The molecule has 0 saturated carbocycles. The summed E-state index contributed by atoms with van der Waals surface area (Å²) in [7, 11) is 0. The number of aliphatic hydroxyl groups is 1. The summed E-state index contributed by atoms with van der Waals surface area (Å²) in [6.07, 6.45) is 1.74. The van der Waals surface area contributed by atoms with Crippen molar-refractivity contribution in [2.75, 3.05) is 6.61 Å². The first-order chi connectivity index (χ1) is 15.2. The molecule has 5 heteroatoms. The van der Waals surface area contributed by atoms with E-state index in [1.807, 2.05) is 91.0 Å². The second-order valence-corrected chi connectivity index (χ2v) is 7.13. The Labute approximate surface area is 181 Å². The molecule has 0 spiro atoms. The summed E-state index contributed by atoms with van der Waals surface area (Å²) < 4.78 is 6.96. The predicted octanol–water partition coefficient (Wildman–Crippen LogP) is 4.39. The number of hydrogen-bond acceptors (Lipinski definition) is 4. The van der Waals surface area contributed by atoms with Crippen molar-refractivity contribution >= 4 is 5.97 Å². The van der Waals surface area contributed by atoms with Crippen LogP contribution in [0.4, 0.5) is 0 Å². The number of ether oxygens (including phenoxy) is 1. The number of aliphatic hydroxyl groups excluding tert-OH is 1. The Morgan fingerprint density at radius 3 is 1.71 bits per heavy atom. The van der Waals surface area contributed by atoms with Crippen molar-refractivity contribution in [1.29, 1.82) is 0 Å². The summed E-state index contributed by atoms with van der Waals surface area (Å²) in [6, 6.07) is 30.1. The fourth-order valence-electron chi connectivity index (χ4n) is 4.00. The maximum Gasteiger partial charge on any atom is 0.359 e. The highest BCUT2D eigenvalue weighted by molar-refractivity contribution is 5.88. The van der Waals surface area contributed by atoms with E-state index in [0.717, 1.165) is 16.7 Å². The average molecular weight is 412 g/mol. The van der Waals surface area contributed by atoms with Crippen molar-refractivity contribution in [2.24, 2.45) is 0 Å². The maximum absolute atomic E-state index is 12.6. The van der Waals surface area contributed by atoms with Crippen LogP contribution in [0.3, 0.4) is 0 Å². The minimum atomic E-state index is -0.849. The lowest BCUT2D eigenvalue weighted by molar-refractivity contribution is 0.0514. The average Bonchev–Trinajstić information content (AvgIpc) is 3.27. The van der Waals surface area contributed by atoms with E-state index in [1.54, 1.807) is 17.8 Å². The number of esters is 1. The zero-order valence-corrected chi connectivity index (χ0v) is 17.3. The quantitative estimate of drug-likeness (QED) is 0.361. The van der Waals surface area contributed by atoms with Gasteiger partial charge in [0.1, 0.15) is 5.54 Å². The molecule has 3 aromatic carbocycles. The topological polar surface area (TPSA) is 64.3 Å². The molecular formula is C26H24N2O3. The Balaban J connectivity index is 2.08. The highest BCUT2D eigenvalue weighted by Gasteiger charge is 2.40. The van der Waals surface area contributed by atoms with Crippen LogP contribution in [0.15, 0.2) is 97.2 Å². The van der Waals surface area contributed by atoms with Crippen LogP contribution < -0.4 is 0 Å². The van der Waals surface area contributed by atoms with Gasteiger partial charge in [-0.1, -0.05) is 91.0 Å². The Hall–Kier alpha value is -3.70. The smallest absolute Gasteiger partial charge is 0.359 e. The van der Waals surface area contributed by atoms with Crippen LogP contribution in [0.1, 0.15) is 39.7 Å². The van der Waals surface area contributed by atoms with Gasteiger partial charge in [0.2, 0.25) is 0 Å². The minimum absolute atomic E-state index is 0.122. The van der Waals surface area contributed by atoms with E-state index in [0.29, 0.717) is 5.56 Å². The van der Waals surface area contributed by atoms with Gasteiger partial charge in [-0.05, 0) is 23.6 Å². The lowest BCUT2D eigenvalue weighted by Gasteiger charge is -2.36. The fourth-order valence-corrected chi connectivity index (χ4v) is 4.00. The molecule has 0 unspecified atom stereocenters. The maximum atomic E-state index is 12.6. The van der Waals surface area contributed by atoms with E-state index < -0.39 is 11.5 Å². The van der Waals surface area contributed by atoms with Gasteiger partial charge in [-0.15, -0.1) is 0 Å². The van der Waals surface area contributed by atoms with E-state index >= 15 is 0 Å². The fraction of sp³-hybridized carbons (Fsp3) is 0.154. The zero-order valence-electron chi connectivity index (χ0n) is 17.3. The van der Waals surface area contributed by atoms with Gasteiger partial charge in [0.15, 0.2) is 5.69 Å². The summed E-state index contributed by atoms with van der Waals surface area (Å²) in [6.45, 7) is 1.66. The number of carbonyl (C=O) groups excluding carboxylic acids is 1. The van der Waals surface area contributed by atoms with E-state index in [4.69, 9.17) is 4.74 Å². The molecule has 0 radical (unpaired) electrons. The molecule has 0 saturated heterocycles. The lowest BCUT2D eigenvalue weighted by atomic mass is 9.77. The summed E-state index contributed by atoms with van der Waals surface area (Å²) in [5.41, 5.74) is 2.64. The van der Waals surface area contributed by atoms with Crippen LogP contribution >= 0.6 is 0 Å². The molecule has 5 nitrogen and oxygen atoms in total. The number of hydrogen-bond donors (Lipinski definition) is 1. The Kier molecular flexibility index (Phi) is 5.96. The first-order valence-corrected chi connectivity index (χ1v) is 10.2. The molecular weight excluding hydrogens is 388 g/mol. The molecule has 0 aliphatic carbocycles. The SMILES string of the molecule is CCOC(=O)c1nn(C(c2ccccc2)(c2ccccc2)c2ccccc2)cc1CO. The molecule has 0 aliphatic heterocycles. The zero-order chi connectivity index (χ0) is 21.7. The molecule has 0 amide bonds. The van der Waals surface area contributed by atoms with Crippen LogP contribution in [0.25, 0.3) is 0 Å². The van der Waals surface area contributed by atoms with Crippen molar-refractivity contribution in [3.63, 3.8) is 0 Å². The summed E-state index contributed by atoms with van der Waals surface area (Å²) >= 11 is 0. The number of benzene rings is 3. The third-order valence-electron chi connectivity index (χ3n) is 5.35. The van der Waals surface area contributed by atoms with Crippen LogP contribution in [0, 0.1) is 0 Å². The summed E-state index contributed by atoms with van der Waals surface area (Å²) in [4.78, 5) is 12.6. The van der Waals surface area contributed by atoms with Crippen molar-refractivity contribution < 1.29 is 14.6 Å². The van der Waals surface area contributed by atoms with Crippen molar-refractivity contribution in [2.45, 2.75) is 19.1 Å². The standard InChI is InChI=1S/C26H24N2O3/c1-2-31-25(30)24-20(19-29)18-28(27-24)26(21-12-6-3-7-13-21,22-14-8-4-9-15-22)23-16-10-5-11-17-23/h3-18,29H,2,19H2,1H3. The van der Waals surface area contributed by atoms with Crippen LogP contribution in [0.2, 0.25) is 0 Å². The van der Waals surface area contributed by atoms with Crippen molar-refractivity contribution in [3.8, 4) is 0 Å². The van der Waals surface area contributed by atoms with Gasteiger partial charge >= 0.3 is 5.97 Å². The van der Waals surface area contributed by atoms with Crippen molar-refractivity contribution in [3.05, 3.63) is 125 Å². The minimum Gasteiger partial charge on any atom is -0.461 e. The number of carbonyl (C=O) groups is 1.